The number of aliphatic hydroxyl groups is 1. The molecule has 0 spiro atoms. The summed E-state index contributed by atoms with van der Waals surface area (Å²) < 4.78 is 0. The number of carboxylic acids is 1. The highest BCUT2D eigenvalue weighted by molar-refractivity contribution is 6.03. The fraction of sp³-hybridized carbons (Fsp3) is 0.357. The van der Waals surface area contributed by atoms with Crippen molar-refractivity contribution in [3.63, 3.8) is 0 Å². The van der Waals surface area contributed by atoms with Gasteiger partial charge < -0.3 is 20.4 Å². The lowest BCUT2D eigenvalue weighted by molar-refractivity contribution is -0.141. The van der Waals surface area contributed by atoms with Crippen LogP contribution in [0.2, 0.25) is 0 Å². The molecule has 0 aliphatic carbocycles. The Kier molecular flexibility index (Phi) is 3.13. The summed E-state index contributed by atoms with van der Waals surface area (Å²) in [6.07, 6.45) is -0.517. The predicted octanol–water partition coefficient (Wildman–Crippen LogP) is -0.159. The van der Waals surface area contributed by atoms with Crippen molar-refractivity contribution in [1.29, 1.82) is 0 Å². The van der Waals surface area contributed by atoms with Gasteiger partial charge in [0.2, 0.25) is 5.91 Å². The van der Waals surface area contributed by atoms with Crippen molar-refractivity contribution in [3.8, 4) is 0 Å². The van der Waals surface area contributed by atoms with Crippen molar-refractivity contribution < 1.29 is 24.6 Å². The van der Waals surface area contributed by atoms with Crippen molar-refractivity contribution in [3.05, 3.63) is 29.3 Å². The van der Waals surface area contributed by atoms with Gasteiger partial charge in [0.05, 0.1) is 12.5 Å². The SMILES string of the molecule is O=C1Cc2ccc(C(=O)N3CC(O)CC3C(=O)O)cc2N1. The van der Waals surface area contributed by atoms with Crippen LogP contribution in [0.1, 0.15) is 22.3 Å². The Hall–Kier alpha value is -2.41. The number of carboxylic acid groups (broad SMARTS) is 1. The molecule has 2 atom stereocenters. The summed E-state index contributed by atoms with van der Waals surface area (Å²) in [5.74, 6) is -1.72. The van der Waals surface area contributed by atoms with Gasteiger partial charge in [-0.3, -0.25) is 9.59 Å². The summed E-state index contributed by atoms with van der Waals surface area (Å²) in [6, 6.07) is 3.79. The van der Waals surface area contributed by atoms with Gasteiger partial charge in [-0.05, 0) is 17.7 Å². The molecule has 21 heavy (non-hydrogen) atoms. The molecule has 2 aliphatic heterocycles. The number of hydrogen-bond donors (Lipinski definition) is 3. The van der Waals surface area contributed by atoms with E-state index < -0.39 is 24.0 Å². The monoisotopic (exact) mass is 290 g/mol. The first-order chi connectivity index (χ1) is 9.95. The van der Waals surface area contributed by atoms with Gasteiger partial charge in [0.15, 0.2) is 0 Å². The number of anilines is 1. The van der Waals surface area contributed by atoms with Gasteiger partial charge in [-0.15, -0.1) is 0 Å². The van der Waals surface area contributed by atoms with Gasteiger partial charge in [0.25, 0.3) is 5.91 Å². The van der Waals surface area contributed by atoms with Crippen molar-refractivity contribution in [2.75, 3.05) is 11.9 Å². The summed E-state index contributed by atoms with van der Waals surface area (Å²) in [5.41, 5.74) is 1.70. The number of rotatable bonds is 2. The zero-order valence-corrected chi connectivity index (χ0v) is 11.1. The summed E-state index contributed by atoms with van der Waals surface area (Å²) in [7, 11) is 0. The van der Waals surface area contributed by atoms with Crippen LogP contribution < -0.4 is 5.32 Å². The molecule has 0 bridgehead atoms. The van der Waals surface area contributed by atoms with E-state index in [0.29, 0.717) is 11.3 Å². The first-order valence-electron chi connectivity index (χ1n) is 6.60. The van der Waals surface area contributed by atoms with Crippen molar-refractivity contribution in [1.82, 2.24) is 4.90 Å². The lowest BCUT2D eigenvalue weighted by Crippen LogP contribution is -2.40. The second-order valence-electron chi connectivity index (χ2n) is 5.30. The number of likely N-dealkylation sites (tertiary alicyclic amines) is 1. The molecule has 1 fully saturated rings. The predicted molar refractivity (Wildman–Crippen MR) is 71.9 cm³/mol. The molecule has 7 nitrogen and oxygen atoms in total. The summed E-state index contributed by atoms with van der Waals surface area (Å²) in [5, 5.41) is 21.4. The number of nitrogens with one attached hydrogen (secondary N) is 1. The second-order valence-corrected chi connectivity index (χ2v) is 5.30. The minimum atomic E-state index is -1.13. The van der Waals surface area contributed by atoms with Gasteiger partial charge in [0, 0.05) is 24.2 Å². The number of fused-ring (bicyclic) bond motifs is 1. The Balaban J connectivity index is 1.87. The van der Waals surface area contributed by atoms with Crippen molar-refractivity contribution >= 4 is 23.5 Å². The third-order valence-corrected chi connectivity index (χ3v) is 3.81. The van der Waals surface area contributed by atoms with E-state index in [1.54, 1.807) is 18.2 Å². The number of nitrogens with zero attached hydrogens (tertiary/aromatic N) is 1. The number of amides is 2. The van der Waals surface area contributed by atoms with E-state index in [1.807, 2.05) is 0 Å². The highest BCUT2D eigenvalue weighted by Crippen LogP contribution is 2.26. The number of hydrogen-bond acceptors (Lipinski definition) is 4. The molecule has 2 heterocycles. The highest BCUT2D eigenvalue weighted by atomic mass is 16.4. The molecule has 2 unspecified atom stereocenters. The first-order valence-corrected chi connectivity index (χ1v) is 6.60. The molecule has 3 N–H and O–H groups in total. The van der Waals surface area contributed by atoms with E-state index in [2.05, 4.69) is 5.32 Å². The van der Waals surface area contributed by atoms with E-state index in [0.717, 1.165) is 10.5 Å². The highest BCUT2D eigenvalue weighted by Gasteiger charge is 2.39. The Labute approximate surface area is 120 Å². The molecule has 2 aliphatic rings. The van der Waals surface area contributed by atoms with Gasteiger partial charge in [-0.1, -0.05) is 6.07 Å². The number of carbonyl (C=O) groups is 3. The maximum absolute atomic E-state index is 12.4. The minimum Gasteiger partial charge on any atom is -0.480 e. The molecule has 7 heteroatoms. The Morgan fingerprint density at radius 1 is 1.33 bits per heavy atom. The van der Waals surface area contributed by atoms with Crippen LogP contribution in [0.5, 0.6) is 0 Å². The summed E-state index contributed by atoms with van der Waals surface area (Å²) in [4.78, 5) is 36.1. The normalized spacial score (nSPS) is 23.9. The average Bonchev–Trinajstić information content (AvgIpc) is 2.98. The van der Waals surface area contributed by atoms with Crippen molar-refractivity contribution in [2.24, 2.45) is 0 Å². The van der Waals surface area contributed by atoms with Crippen LogP contribution in [0.25, 0.3) is 0 Å². The number of β-amino-alcohol motifs (C(OH)–C–C–N with tert-alkyl or cyclic N) is 1. The number of aliphatic carboxylic acids is 1. The molecular formula is C14H14N2O5. The smallest absolute Gasteiger partial charge is 0.326 e. The van der Waals surface area contributed by atoms with E-state index in [9.17, 15) is 19.5 Å². The van der Waals surface area contributed by atoms with Crippen LogP contribution in [-0.2, 0) is 16.0 Å². The topological polar surface area (TPSA) is 107 Å². The molecule has 0 saturated carbocycles. The largest absolute Gasteiger partial charge is 0.480 e. The van der Waals surface area contributed by atoms with Crippen LogP contribution in [0.15, 0.2) is 18.2 Å². The van der Waals surface area contributed by atoms with E-state index in [1.165, 1.54) is 0 Å². The molecule has 1 aromatic rings. The van der Waals surface area contributed by atoms with E-state index in [-0.39, 0.29) is 25.3 Å². The number of benzene rings is 1. The summed E-state index contributed by atoms with van der Waals surface area (Å²) >= 11 is 0. The number of aliphatic hydroxyl groups excluding tert-OH is 1. The fourth-order valence-electron chi connectivity index (χ4n) is 2.79. The second kappa shape index (κ2) is 4.85. The lowest BCUT2D eigenvalue weighted by atomic mass is 10.1. The zero-order valence-electron chi connectivity index (χ0n) is 11.1. The molecular weight excluding hydrogens is 276 g/mol. The molecule has 0 aromatic heterocycles. The lowest BCUT2D eigenvalue weighted by Gasteiger charge is -2.21. The van der Waals surface area contributed by atoms with Gasteiger partial charge >= 0.3 is 5.97 Å². The van der Waals surface area contributed by atoms with Crippen LogP contribution in [0, 0.1) is 0 Å². The number of carbonyl (C=O) groups excluding carboxylic acids is 2. The molecule has 3 rings (SSSR count). The Morgan fingerprint density at radius 2 is 2.10 bits per heavy atom. The average molecular weight is 290 g/mol. The van der Waals surface area contributed by atoms with E-state index in [4.69, 9.17) is 5.11 Å². The molecule has 0 radical (unpaired) electrons. The quantitative estimate of drug-likeness (QED) is 0.701. The van der Waals surface area contributed by atoms with Crippen molar-refractivity contribution in [2.45, 2.75) is 25.0 Å². The first kappa shape index (κ1) is 13.6. The zero-order chi connectivity index (χ0) is 15.1. The van der Waals surface area contributed by atoms with Crippen LogP contribution in [0.4, 0.5) is 5.69 Å². The Bertz CT molecular complexity index is 642. The Morgan fingerprint density at radius 3 is 2.81 bits per heavy atom. The standard InChI is InChI=1S/C14H14N2O5/c17-9-5-11(14(20)21)16(6-9)13(19)8-2-1-7-4-12(18)15-10(7)3-8/h1-3,9,11,17H,4-6H2,(H,15,18)(H,20,21). The maximum Gasteiger partial charge on any atom is 0.326 e. The minimum absolute atomic E-state index is 0.000750. The van der Waals surface area contributed by atoms with Gasteiger partial charge in [-0.2, -0.15) is 0 Å². The summed E-state index contributed by atoms with van der Waals surface area (Å²) in [6.45, 7) is -0.000750. The van der Waals surface area contributed by atoms with Gasteiger partial charge in [-0.25, -0.2) is 4.79 Å². The third kappa shape index (κ3) is 2.36. The molecule has 2 amide bonds. The van der Waals surface area contributed by atoms with Crippen LogP contribution in [-0.4, -0.2) is 51.6 Å². The molecule has 1 saturated heterocycles. The fourth-order valence-corrected chi connectivity index (χ4v) is 2.79. The van der Waals surface area contributed by atoms with Crippen LogP contribution >= 0.6 is 0 Å². The molecule has 1 aromatic carbocycles. The van der Waals surface area contributed by atoms with Crippen LogP contribution in [0.3, 0.4) is 0 Å². The van der Waals surface area contributed by atoms with Gasteiger partial charge in [0.1, 0.15) is 6.04 Å². The van der Waals surface area contributed by atoms with E-state index >= 15 is 0 Å². The third-order valence-electron chi connectivity index (χ3n) is 3.81. The molecule has 110 valence electrons. The maximum atomic E-state index is 12.4.